The number of para-hydroxylation sites is 1. The van der Waals surface area contributed by atoms with Crippen molar-refractivity contribution in [3.63, 3.8) is 0 Å². The van der Waals surface area contributed by atoms with Crippen molar-refractivity contribution < 1.29 is 9.53 Å². The smallest absolute Gasteiger partial charge is 0.258 e. The second-order valence-corrected chi connectivity index (χ2v) is 5.36. The molecule has 0 saturated heterocycles. The molecular weight excluding hydrogens is 226 g/mol. The SMILES string of the molecule is COC(C)(C)C(=O)N1CCCc2cccc(C)c21. The van der Waals surface area contributed by atoms with E-state index in [1.165, 1.54) is 5.56 Å². The first kappa shape index (κ1) is 13.1. The fourth-order valence-electron chi connectivity index (χ4n) is 2.46. The molecule has 0 bridgehead atoms. The molecule has 1 amide bonds. The van der Waals surface area contributed by atoms with E-state index in [0.29, 0.717) is 0 Å². The molecule has 1 aromatic rings. The van der Waals surface area contributed by atoms with Gasteiger partial charge in [-0.25, -0.2) is 0 Å². The Hall–Kier alpha value is -1.35. The van der Waals surface area contributed by atoms with Crippen LogP contribution in [0.2, 0.25) is 0 Å². The van der Waals surface area contributed by atoms with E-state index in [0.717, 1.165) is 30.6 Å². The summed E-state index contributed by atoms with van der Waals surface area (Å²) in [4.78, 5) is 14.5. The number of fused-ring (bicyclic) bond motifs is 1. The van der Waals surface area contributed by atoms with Crippen molar-refractivity contribution in [1.29, 1.82) is 0 Å². The van der Waals surface area contributed by atoms with E-state index < -0.39 is 5.60 Å². The summed E-state index contributed by atoms with van der Waals surface area (Å²) in [6.07, 6.45) is 2.07. The summed E-state index contributed by atoms with van der Waals surface area (Å²) in [6, 6.07) is 6.23. The van der Waals surface area contributed by atoms with Gasteiger partial charge in [-0.05, 0) is 44.7 Å². The molecule has 18 heavy (non-hydrogen) atoms. The number of amides is 1. The molecule has 1 aromatic carbocycles. The molecule has 3 nitrogen and oxygen atoms in total. The molecule has 0 aliphatic carbocycles. The van der Waals surface area contributed by atoms with Crippen LogP contribution in [0.1, 0.15) is 31.4 Å². The van der Waals surface area contributed by atoms with Gasteiger partial charge in [0, 0.05) is 19.3 Å². The zero-order chi connectivity index (χ0) is 13.3. The zero-order valence-corrected chi connectivity index (χ0v) is 11.6. The van der Waals surface area contributed by atoms with Crippen LogP contribution in [0.15, 0.2) is 18.2 Å². The highest BCUT2D eigenvalue weighted by Gasteiger charge is 2.35. The van der Waals surface area contributed by atoms with Gasteiger partial charge in [-0.1, -0.05) is 18.2 Å². The van der Waals surface area contributed by atoms with E-state index in [4.69, 9.17) is 4.74 Å². The van der Waals surface area contributed by atoms with Crippen LogP contribution in [-0.2, 0) is 16.0 Å². The van der Waals surface area contributed by atoms with Crippen molar-refractivity contribution in [3.8, 4) is 0 Å². The number of nitrogens with zero attached hydrogens (tertiary/aromatic N) is 1. The molecule has 0 N–H and O–H groups in total. The predicted octanol–water partition coefficient (Wildman–Crippen LogP) is 2.70. The van der Waals surface area contributed by atoms with Gasteiger partial charge in [-0.3, -0.25) is 4.79 Å². The molecule has 0 saturated carbocycles. The van der Waals surface area contributed by atoms with Crippen molar-refractivity contribution in [3.05, 3.63) is 29.3 Å². The Kier molecular flexibility index (Phi) is 3.44. The molecular formula is C15H21NO2. The summed E-state index contributed by atoms with van der Waals surface area (Å²) in [5.74, 6) is 0.0419. The van der Waals surface area contributed by atoms with Crippen molar-refractivity contribution in [1.82, 2.24) is 0 Å². The van der Waals surface area contributed by atoms with Gasteiger partial charge in [0.25, 0.3) is 5.91 Å². The summed E-state index contributed by atoms with van der Waals surface area (Å²) in [7, 11) is 1.58. The number of methoxy groups -OCH3 is 1. The highest BCUT2D eigenvalue weighted by molar-refractivity contribution is 6.00. The van der Waals surface area contributed by atoms with Crippen molar-refractivity contribution in [2.24, 2.45) is 0 Å². The lowest BCUT2D eigenvalue weighted by atomic mass is 9.96. The molecule has 2 rings (SSSR count). The van der Waals surface area contributed by atoms with E-state index >= 15 is 0 Å². The van der Waals surface area contributed by atoms with Crippen LogP contribution >= 0.6 is 0 Å². The Morgan fingerprint density at radius 1 is 1.39 bits per heavy atom. The average molecular weight is 247 g/mol. The minimum Gasteiger partial charge on any atom is -0.369 e. The number of carbonyl (C=O) groups excluding carboxylic acids is 1. The summed E-state index contributed by atoms with van der Waals surface area (Å²) in [5.41, 5.74) is 2.74. The van der Waals surface area contributed by atoms with Crippen LogP contribution in [0.5, 0.6) is 0 Å². The van der Waals surface area contributed by atoms with Crippen LogP contribution in [-0.4, -0.2) is 25.2 Å². The summed E-state index contributed by atoms with van der Waals surface area (Å²) < 4.78 is 5.32. The van der Waals surface area contributed by atoms with Crippen molar-refractivity contribution >= 4 is 11.6 Å². The Morgan fingerprint density at radius 3 is 2.78 bits per heavy atom. The molecule has 0 radical (unpaired) electrons. The third-order valence-corrected chi connectivity index (χ3v) is 3.69. The third-order valence-electron chi connectivity index (χ3n) is 3.69. The Balaban J connectivity index is 2.42. The summed E-state index contributed by atoms with van der Waals surface area (Å²) in [6.45, 7) is 6.48. The van der Waals surface area contributed by atoms with E-state index in [1.807, 2.05) is 18.7 Å². The lowest BCUT2D eigenvalue weighted by Crippen LogP contribution is -2.48. The molecule has 0 spiro atoms. The second kappa shape index (κ2) is 4.73. The molecule has 1 aliphatic heterocycles. The summed E-state index contributed by atoms with van der Waals surface area (Å²) in [5, 5.41) is 0. The maximum Gasteiger partial charge on any atom is 0.258 e. The lowest BCUT2D eigenvalue weighted by Gasteiger charge is -2.36. The molecule has 3 heteroatoms. The van der Waals surface area contributed by atoms with Gasteiger partial charge >= 0.3 is 0 Å². The van der Waals surface area contributed by atoms with Crippen LogP contribution in [0.25, 0.3) is 0 Å². The largest absolute Gasteiger partial charge is 0.369 e. The van der Waals surface area contributed by atoms with E-state index in [1.54, 1.807) is 7.11 Å². The van der Waals surface area contributed by atoms with Gasteiger partial charge in [-0.2, -0.15) is 0 Å². The van der Waals surface area contributed by atoms with Gasteiger partial charge in [0.15, 0.2) is 0 Å². The third kappa shape index (κ3) is 2.15. The summed E-state index contributed by atoms with van der Waals surface area (Å²) >= 11 is 0. The molecule has 0 unspecified atom stereocenters. The standard InChI is InChI=1S/C15H21NO2/c1-11-7-5-8-12-9-6-10-16(13(11)12)14(17)15(2,3)18-4/h5,7-8H,6,9-10H2,1-4H3. The second-order valence-electron chi connectivity index (χ2n) is 5.36. The number of ether oxygens (including phenoxy) is 1. The minimum absolute atomic E-state index is 0.0419. The van der Waals surface area contributed by atoms with Crippen molar-refractivity contribution in [2.75, 3.05) is 18.6 Å². The van der Waals surface area contributed by atoms with Gasteiger partial charge < -0.3 is 9.64 Å². The van der Waals surface area contributed by atoms with Gasteiger partial charge in [0.1, 0.15) is 5.60 Å². The van der Waals surface area contributed by atoms with E-state index in [9.17, 15) is 4.79 Å². The number of hydrogen-bond donors (Lipinski definition) is 0. The lowest BCUT2D eigenvalue weighted by molar-refractivity contribution is -0.136. The number of carbonyl (C=O) groups is 1. The molecule has 1 heterocycles. The average Bonchev–Trinajstić information content (AvgIpc) is 2.37. The fraction of sp³-hybridized carbons (Fsp3) is 0.533. The van der Waals surface area contributed by atoms with Crippen LogP contribution in [0, 0.1) is 6.92 Å². The zero-order valence-electron chi connectivity index (χ0n) is 11.6. The number of aryl methyl sites for hydroxylation is 2. The number of benzene rings is 1. The minimum atomic E-state index is -0.767. The monoisotopic (exact) mass is 247 g/mol. The fourth-order valence-corrected chi connectivity index (χ4v) is 2.46. The highest BCUT2D eigenvalue weighted by atomic mass is 16.5. The van der Waals surface area contributed by atoms with E-state index in [-0.39, 0.29) is 5.91 Å². The highest BCUT2D eigenvalue weighted by Crippen LogP contribution is 2.32. The Labute approximate surface area is 109 Å². The topological polar surface area (TPSA) is 29.5 Å². The van der Waals surface area contributed by atoms with Gasteiger partial charge in [0.2, 0.25) is 0 Å². The Bertz CT molecular complexity index is 466. The first-order valence-electron chi connectivity index (χ1n) is 6.43. The molecule has 1 aliphatic rings. The number of anilines is 1. The molecule has 0 fully saturated rings. The molecule has 0 atom stereocenters. The van der Waals surface area contributed by atoms with Gasteiger partial charge in [0.05, 0.1) is 0 Å². The maximum atomic E-state index is 12.6. The molecule has 0 aromatic heterocycles. The predicted molar refractivity (Wildman–Crippen MR) is 72.9 cm³/mol. The molecule has 98 valence electrons. The van der Waals surface area contributed by atoms with Crippen LogP contribution in [0.4, 0.5) is 5.69 Å². The van der Waals surface area contributed by atoms with E-state index in [2.05, 4.69) is 25.1 Å². The Morgan fingerprint density at radius 2 is 2.11 bits per heavy atom. The number of rotatable bonds is 2. The maximum absolute atomic E-state index is 12.6. The van der Waals surface area contributed by atoms with Gasteiger partial charge in [-0.15, -0.1) is 0 Å². The first-order valence-corrected chi connectivity index (χ1v) is 6.43. The quantitative estimate of drug-likeness (QED) is 0.804. The van der Waals surface area contributed by atoms with Crippen molar-refractivity contribution in [2.45, 2.75) is 39.2 Å². The normalized spacial score (nSPS) is 15.4. The first-order chi connectivity index (χ1) is 8.47. The number of hydrogen-bond acceptors (Lipinski definition) is 2. The van der Waals surface area contributed by atoms with Crippen LogP contribution in [0.3, 0.4) is 0 Å². The van der Waals surface area contributed by atoms with Crippen LogP contribution < -0.4 is 4.90 Å².